The number of rotatable bonds is 6. The van der Waals surface area contributed by atoms with Crippen molar-refractivity contribution < 1.29 is 14.3 Å². The Morgan fingerprint density at radius 3 is 2.59 bits per heavy atom. The van der Waals surface area contributed by atoms with Crippen molar-refractivity contribution in [3.63, 3.8) is 0 Å². The number of esters is 1. The lowest BCUT2D eigenvalue weighted by Crippen LogP contribution is -2.13. The average molecular weight is 493 g/mol. The van der Waals surface area contributed by atoms with Gasteiger partial charge in [0, 0.05) is 5.56 Å². The summed E-state index contributed by atoms with van der Waals surface area (Å²) < 4.78 is 13.0. The standard InChI is InChI=1S/C28H29BrO3/c1-2-31-26(30)16-21-13-14-23-24(21)17-25(28(27(23)29)32-22-9-5-6-10-22)20-12-11-18-7-3-4-8-19(18)15-20/h3-4,7-8,11-12,15,17,21-22H,2,5-6,9-10,13-14,16H2,1H3. The molecule has 1 unspecified atom stereocenters. The molecular weight excluding hydrogens is 464 g/mol. The average Bonchev–Trinajstić information content (AvgIpc) is 3.46. The molecule has 0 N–H and O–H groups in total. The van der Waals surface area contributed by atoms with Crippen LogP contribution in [0.3, 0.4) is 0 Å². The van der Waals surface area contributed by atoms with Gasteiger partial charge >= 0.3 is 5.97 Å². The molecule has 0 bridgehead atoms. The molecule has 0 heterocycles. The van der Waals surface area contributed by atoms with Crippen LogP contribution in [0.2, 0.25) is 0 Å². The lowest BCUT2D eigenvalue weighted by Gasteiger charge is -2.22. The molecular formula is C28H29BrO3. The summed E-state index contributed by atoms with van der Waals surface area (Å²) in [5, 5.41) is 2.45. The van der Waals surface area contributed by atoms with E-state index in [1.807, 2.05) is 6.92 Å². The van der Waals surface area contributed by atoms with Gasteiger partial charge in [0.1, 0.15) is 5.75 Å². The van der Waals surface area contributed by atoms with Crippen LogP contribution in [0.1, 0.15) is 62.5 Å². The Kier molecular flexibility index (Phi) is 6.23. The maximum atomic E-state index is 12.2. The molecule has 0 radical (unpaired) electrons. The van der Waals surface area contributed by atoms with Crippen molar-refractivity contribution in [2.24, 2.45) is 0 Å². The largest absolute Gasteiger partial charge is 0.489 e. The van der Waals surface area contributed by atoms with E-state index < -0.39 is 0 Å². The summed E-state index contributed by atoms with van der Waals surface area (Å²) in [6.07, 6.45) is 7.35. The van der Waals surface area contributed by atoms with Gasteiger partial charge in [0.15, 0.2) is 0 Å². The fraction of sp³-hybridized carbons (Fsp3) is 0.393. The SMILES string of the molecule is CCOC(=O)CC1CCc2c1cc(-c1ccc3ccccc3c1)c(OC1CCCC1)c2Br. The molecule has 1 saturated carbocycles. The van der Waals surface area contributed by atoms with Crippen molar-refractivity contribution in [2.45, 2.75) is 63.9 Å². The van der Waals surface area contributed by atoms with Crippen LogP contribution in [-0.2, 0) is 16.0 Å². The van der Waals surface area contributed by atoms with E-state index >= 15 is 0 Å². The Balaban J connectivity index is 1.60. The first-order valence-electron chi connectivity index (χ1n) is 11.8. The molecule has 2 aliphatic rings. The van der Waals surface area contributed by atoms with Gasteiger partial charge in [-0.1, -0.05) is 36.4 Å². The summed E-state index contributed by atoms with van der Waals surface area (Å²) in [6, 6.07) is 17.4. The van der Waals surface area contributed by atoms with E-state index in [0.29, 0.717) is 13.0 Å². The van der Waals surface area contributed by atoms with E-state index in [4.69, 9.17) is 9.47 Å². The number of halogens is 1. The summed E-state index contributed by atoms with van der Waals surface area (Å²) in [5.74, 6) is 1.04. The molecule has 0 amide bonds. The third kappa shape index (κ3) is 4.17. The highest BCUT2D eigenvalue weighted by atomic mass is 79.9. The Bertz CT molecular complexity index is 1150. The first-order valence-corrected chi connectivity index (χ1v) is 12.6. The number of fused-ring (bicyclic) bond motifs is 2. The summed E-state index contributed by atoms with van der Waals surface area (Å²) >= 11 is 3.92. The van der Waals surface area contributed by atoms with Gasteiger partial charge in [0.2, 0.25) is 0 Å². The fourth-order valence-corrected chi connectivity index (χ4v) is 6.01. The number of carbonyl (C=O) groups excluding carboxylic acids is 1. The maximum Gasteiger partial charge on any atom is 0.306 e. The van der Waals surface area contributed by atoms with E-state index in [2.05, 4.69) is 64.5 Å². The monoisotopic (exact) mass is 492 g/mol. The number of ether oxygens (including phenoxy) is 2. The van der Waals surface area contributed by atoms with Gasteiger partial charge < -0.3 is 9.47 Å². The molecule has 1 fully saturated rings. The second-order valence-corrected chi connectivity index (χ2v) is 9.76. The van der Waals surface area contributed by atoms with Crippen molar-refractivity contribution in [3.05, 3.63) is 64.1 Å². The lowest BCUT2D eigenvalue weighted by molar-refractivity contribution is -0.143. The predicted molar refractivity (Wildman–Crippen MR) is 132 cm³/mol. The van der Waals surface area contributed by atoms with Crippen LogP contribution in [-0.4, -0.2) is 18.7 Å². The zero-order valence-corrected chi connectivity index (χ0v) is 20.1. The smallest absolute Gasteiger partial charge is 0.306 e. The molecule has 5 rings (SSSR count). The van der Waals surface area contributed by atoms with Crippen molar-refractivity contribution in [1.82, 2.24) is 0 Å². The van der Waals surface area contributed by atoms with E-state index in [-0.39, 0.29) is 18.0 Å². The first kappa shape index (κ1) is 21.5. The zero-order chi connectivity index (χ0) is 22.1. The Hall–Kier alpha value is -2.33. The van der Waals surface area contributed by atoms with Gasteiger partial charge in [0.05, 0.1) is 23.6 Å². The van der Waals surface area contributed by atoms with Gasteiger partial charge in [-0.25, -0.2) is 0 Å². The van der Waals surface area contributed by atoms with Crippen LogP contribution >= 0.6 is 15.9 Å². The molecule has 2 aliphatic carbocycles. The molecule has 3 nitrogen and oxygen atoms in total. The van der Waals surface area contributed by atoms with Crippen LogP contribution < -0.4 is 4.74 Å². The molecule has 0 aromatic heterocycles. The van der Waals surface area contributed by atoms with Crippen molar-refractivity contribution in [3.8, 4) is 16.9 Å². The highest BCUT2D eigenvalue weighted by Gasteiger charge is 2.31. The highest BCUT2D eigenvalue weighted by molar-refractivity contribution is 9.10. The van der Waals surface area contributed by atoms with E-state index in [1.165, 1.54) is 34.7 Å². The van der Waals surface area contributed by atoms with Gasteiger partial charge in [-0.15, -0.1) is 0 Å². The van der Waals surface area contributed by atoms with Crippen LogP contribution in [0.25, 0.3) is 21.9 Å². The molecule has 3 aromatic carbocycles. The van der Waals surface area contributed by atoms with Crippen LogP contribution in [0.4, 0.5) is 0 Å². The molecule has 1 atom stereocenters. The van der Waals surface area contributed by atoms with Crippen LogP contribution in [0, 0.1) is 0 Å². The van der Waals surface area contributed by atoms with Gasteiger partial charge in [-0.3, -0.25) is 4.79 Å². The molecule has 4 heteroatoms. The molecule has 3 aromatic rings. The van der Waals surface area contributed by atoms with Crippen LogP contribution in [0.5, 0.6) is 5.75 Å². The third-order valence-electron chi connectivity index (χ3n) is 6.91. The van der Waals surface area contributed by atoms with E-state index in [0.717, 1.165) is 47.0 Å². The van der Waals surface area contributed by atoms with E-state index in [9.17, 15) is 4.79 Å². The first-order chi connectivity index (χ1) is 15.6. The maximum absolute atomic E-state index is 12.2. The Labute approximate surface area is 198 Å². The second-order valence-electron chi connectivity index (χ2n) is 8.97. The lowest BCUT2D eigenvalue weighted by atomic mass is 9.92. The zero-order valence-electron chi connectivity index (χ0n) is 18.5. The third-order valence-corrected chi connectivity index (χ3v) is 7.74. The summed E-state index contributed by atoms with van der Waals surface area (Å²) in [4.78, 5) is 12.2. The summed E-state index contributed by atoms with van der Waals surface area (Å²) in [6.45, 7) is 2.29. The quantitative estimate of drug-likeness (QED) is 0.332. The minimum Gasteiger partial charge on any atom is -0.489 e. The Morgan fingerprint density at radius 1 is 1.03 bits per heavy atom. The Morgan fingerprint density at radius 2 is 1.81 bits per heavy atom. The number of benzene rings is 3. The molecule has 32 heavy (non-hydrogen) atoms. The van der Waals surface area contributed by atoms with Gasteiger partial charge in [-0.05, 0) is 107 Å². The number of carbonyl (C=O) groups is 1. The van der Waals surface area contributed by atoms with Gasteiger partial charge in [-0.2, -0.15) is 0 Å². The predicted octanol–water partition coefficient (Wildman–Crippen LogP) is 7.57. The van der Waals surface area contributed by atoms with E-state index in [1.54, 1.807) is 0 Å². The molecule has 166 valence electrons. The van der Waals surface area contributed by atoms with Crippen molar-refractivity contribution >= 4 is 32.7 Å². The highest BCUT2D eigenvalue weighted by Crippen LogP contribution is 2.49. The summed E-state index contributed by atoms with van der Waals surface area (Å²) in [7, 11) is 0. The minimum absolute atomic E-state index is 0.111. The van der Waals surface area contributed by atoms with Crippen molar-refractivity contribution in [1.29, 1.82) is 0 Å². The topological polar surface area (TPSA) is 35.5 Å². The fourth-order valence-electron chi connectivity index (χ4n) is 5.28. The molecule has 0 aliphatic heterocycles. The number of hydrogen-bond acceptors (Lipinski definition) is 3. The normalized spacial score (nSPS) is 18.1. The number of hydrogen-bond donors (Lipinski definition) is 0. The van der Waals surface area contributed by atoms with Crippen LogP contribution in [0.15, 0.2) is 53.0 Å². The second kappa shape index (κ2) is 9.27. The molecule has 0 saturated heterocycles. The molecule has 0 spiro atoms. The van der Waals surface area contributed by atoms with Gasteiger partial charge in [0.25, 0.3) is 0 Å². The minimum atomic E-state index is -0.111. The summed E-state index contributed by atoms with van der Waals surface area (Å²) in [5.41, 5.74) is 4.81. The van der Waals surface area contributed by atoms with Crippen molar-refractivity contribution in [2.75, 3.05) is 6.61 Å².